The lowest BCUT2D eigenvalue weighted by atomic mass is 10.0. The average molecular weight is 1280 g/mol. The second kappa shape index (κ2) is 61.6. The molecule has 0 saturated carbocycles. The summed E-state index contributed by atoms with van der Waals surface area (Å²) in [5, 5.41) is 10.5. The van der Waals surface area contributed by atoms with Crippen molar-refractivity contribution >= 4 is 39.5 Å². The topological polar surface area (TPSA) is 237 Å². The van der Waals surface area contributed by atoms with Crippen LogP contribution in [0.3, 0.4) is 0 Å². The summed E-state index contributed by atoms with van der Waals surface area (Å²) in [5.74, 6) is -1.36. The van der Waals surface area contributed by atoms with Crippen LogP contribution in [0.2, 0.25) is 0 Å². The van der Waals surface area contributed by atoms with E-state index in [1.807, 2.05) is 0 Å². The van der Waals surface area contributed by atoms with Crippen molar-refractivity contribution in [2.45, 2.75) is 368 Å². The minimum absolute atomic E-state index is 0.104. The minimum atomic E-state index is -4.95. The van der Waals surface area contributed by atoms with Gasteiger partial charge >= 0.3 is 39.5 Å². The van der Waals surface area contributed by atoms with Gasteiger partial charge in [-0.1, -0.05) is 298 Å². The zero-order valence-electron chi connectivity index (χ0n) is 56.2. The Hall–Kier alpha value is -1.94. The van der Waals surface area contributed by atoms with Gasteiger partial charge in [-0.05, 0) is 31.6 Å². The zero-order chi connectivity index (χ0) is 64.2. The van der Waals surface area contributed by atoms with Crippen molar-refractivity contribution in [1.82, 2.24) is 0 Å². The molecule has 17 nitrogen and oxygen atoms in total. The van der Waals surface area contributed by atoms with Crippen LogP contribution in [-0.4, -0.2) is 96.7 Å². The predicted octanol–water partition coefficient (Wildman–Crippen LogP) is 19.4. The number of aliphatic hydroxyl groups excluding tert-OH is 1. The third-order valence-corrected chi connectivity index (χ3v) is 17.7. The molecule has 19 heteroatoms. The fourth-order valence-electron chi connectivity index (χ4n) is 10.3. The monoisotopic (exact) mass is 1280 g/mol. The second-order valence-electron chi connectivity index (χ2n) is 25.0. The molecule has 0 saturated heterocycles. The Morgan fingerprint density at radius 1 is 0.310 bits per heavy atom. The van der Waals surface area contributed by atoms with Gasteiger partial charge < -0.3 is 33.8 Å². The molecule has 87 heavy (non-hydrogen) atoms. The number of aliphatic hydroxyl groups is 1. The number of unbranched alkanes of at least 4 members (excludes halogenated alkanes) is 40. The van der Waals surface area contributed by atoms with E-state index in [-0.39, 0.29) is 25.7 Å². The van der Waals surface area contributed by atoms with Gasteiger partial charge in [0.05, 0.1) is 26.4 Å². The average Bonchev–Trinajstić information content (AvgIpc) is 3.69. The number of carbonyl (C=O) groups excluding carboxylic acids is 4. The van der Waals surface area contributed by atoms with Crippen molar-refractivity contribution in [3.05, 3.63) is 0 Å². The van der Waals surface area contributed by atoms with Gasteiger partial charge in [-0.3, -0.25) is 37.3 Å². The number of phosphoric acid groups is 2. The molecule has 516 valence electrons. The first-order chi connectivity index (χ1) is 42.0. The van der Waals surface area contributed by atoms with Crippen molar-refractivity contribution in [2.75, 3.05) is 39.6 Å². The van der Waals surface area contributed by atoms with Gasteiger partial charge in [0.2, 0.25) is 0 Å². The van der Waals surface area contributed by atoms with E-state index in [0.717, 1.165) is 121 Å². The van der Waals surface area contributed by atoms with E-state index in [2.05, 4.69) is 34.6 Å². The van der Waals surface area contributed by atoms with E-state index >= 15 is 0 Å². The summed E-state index contributed by atoms with van der Waals surface area (Å²) < 4.78 is 68.0. The summed E-state index contributed by atoms with van der Waals surface area (Å²) in [6, 6.07) is 0. The number of rotatable bonds is 68. The van der Waals surface area contributed by atoms with Gasteiger partial charge in [0.15, 0.2) is 12.2 Å². The van der Waals surface area contributed by atoms with Crippen molar-refractivity contribution in [1.29, 1.82) is 0 Å². The molecule has 0 rings (SSSR count). The highest BCUT2D eigenvalue weighted by atomic mass is 31.2. The Kier molecular flexibility index (Phi) is 60.2. The van der Waals surface area contributed by atoms with Crippen LogP contribution in [-0.2, 0) is 65.4 Å². The van der Waals surface area contributed by atoms with Crippen molar-refractivity contribution in [3.63, 3.8) is 0 Å². The number of ether oxygens (including phenoxy) is 4. The van der Waals surface area contributed by atoms with Crippen LogP contribution >= 0.6 is 15.6 Å². The van der Waals surface area contributed by atoms with Crippen LogP contribution in [0.15, 0.2) is 0 Å². The number of esters is 4. The largest absolute Gasteiger partial charge is 0.472 e. The minimum Gasteiger partial charge on any atom is -0.462 e. The van der Waals surface area contributed by atoms with Crippen LogP contribution in [0.5, 0.6) is 0 Å². The maximum atomic E-state index is 13.0. The number of hydrogen-bond donors (Lipinski definition) is 3. The van der Waals surface area contributed by atoms with E-state index in [1.54, 1.807) is 0 Å². The second-order valence-corrected chi connectivity index (χ2v) is 27.9. The van der Waals surface area contributed by atoms with E-state index < -0.39 is 97.5 Å². The number of hydrogen-bond acceptors (Lipinski definition) is 15. The Labute approximate surface area is 530 Å². The fraction of sp³-hybridized carbons (Fsp3) is 0.941. The van der Waals surface area contributed by atoms with Gasteiger partial charge in [-0.15, -0.1) is 0 Å². The molecule has 0 aliphatic rings. The first-order valence-electron chi connectivity index (χ1n) is 35.6. The molecule has 0 heterocycles. The number of phosphoric ester groups is 2. The van der Waals surface area contributed by atoms with E-state index in [4.69, 9.17) is 37.0 Å². The van der Waals surface area contributed by atoms with Gasteiger partial charge in [0, 0.05) is 25.7 Å². The molecule has 0 aromatic carbocycles. The molecule has 2 unspecified atom stereocenters. The number of carbonyl (C=O) groups is 4. The molecular formula is C68H132O17P2. The maximum absolute atomic E-state index is 13.0. The summed E-state index contributed by atoms with van der Waals surface area (Å²) in [7, 11) is -9.88. The molecule has 0 radical (unpaired) electrons. The van der Waals surface area contributed by atoms with E-state index in [9.17, 15) is 43.2 Å². The van der Waals surface area contributed by atoms with Crippen LogP contribution in [0.4, 0.5) is 0 Å². The molecule has 0 spiro atoms. The molecule has 3 N–H and O–H groups in total. The standard InChI is InChI=1S/C68H132O17P2/c1-6-9-12-15-18-19-20-21-22-23-24-25-26-27-30-34-39-44-49-54-68(73)85-64(58-79-66(71)52-47-42-38-33-31-28-29-32-37-40-45-50-61(4)5)60-83-87(76,77)81-56-62(69)55-80-86(74,75)82-59-63(84-67(72)53-48-43-36-17-14-11-8-3)57-78-65(70)51-46-41-35-16-13-10-7-2/h61-64,69H,6-60H2,1-5H3,(H,74,75)(H,76,77)/t62-,63+,64+/m0/s1. The molecule has 0 fully saturated rings. The van der Waals surface area contributed by atoms with Crippen molar-refractivity contribution in [2.24, 2.45) is 5.92 Å². The highest BCUT2D eigenvalue weighted by Gasteiger charge is 2.30. The molecular weight excluding hydrogens is 1150 g/mol. The predicted molar refractivity (Wildman–Crippen MR) is 349 cm³/mol. The summed E-state index contributed by atoms with van der Waals surface area (Å²) in [5.41, 5.74) is 0. The summed E-state index contributed by atoms with van der Waals surface area (Å²) in [4.78, 5) is 72.1. The Bertz CT molecular complexity index is 1690. The molecule has 0 aromatic heterocycles. The summed E-state index contributed by atoms with van der Waals surface area (Å²) in [6.45, 7) is 7.15. The van der Waals surface area contributed by atoms with Crippen LogP contribution < -0.4 is 0 Å². The highest BCUT2D eigenvalue weighted by molar-refractivity contribution is 7.47. The smallest absolute Gasteiger partial charge is 0.462 e. The lowest BCUT2D eigenvalue weighted by Crippen LogP contribution is -2.30. The molecule has 0 amide bonds. The van der Waals surface area contributed by atoms with Gasteiger partial charge in [-0.2, -0.15) is 0 Å². The van der Waals surface area contributed by atoms with Crippen molar-refractivity contribution in [3.8, 4) is 0 Å². The molecule has 5 atom stereocenters. The van der Waals surface area contributed by atoms with E-state index in [1.165, 1.54) is 148 Å². The van der Waals surface area contributed by atoms with Crippen LogP contribution in [0.25, 0.3) is 0 Å². The lowest BCUT2D eigenvalue weighted by Gasteiger charge is -2.21. The SMILES string of the molecule is CCCCCCCCCCCCCCCCCCCCCC(=O)O[C@H](COC(=O)CCCCCCCCCCCCCC(C)C)COP(=O)(O)OC[C@@H](O)COP(=O)(O)OC[C@@H](COC(=O)CCCCCCCCC)OC(=O)CCCCCCCCC. The Balaban J connectivity index is 5.14. The summed E-state index contributed by atoms with van der Waals surface area (Å²) in [6.07, 6.45) is 47.6. The summed E-state index contributed by atoms with van der Waals surface area (Å²) >= 11 is 0. The molecule has 0 aliphatic carbocycles. The first kappa shape index (κ1) is 85.1. The third kappa shape index (κ3) is 62.6. The van der Waals surface area contributed by atoms with Crippen LogP contribution in [0.1, 0.15) is 349 Å². The maximum Gasteiger partial charge on any atom is 0.472 e. The van der Waals surface area contributed by atoms with Gasteiger partial charge in [-0.25, -0.2) is 9.13 Å². The zero-order valence-corrected chi connectivity index (χ0v) is 57.9. The van der Waals surface area contributed by atoms with E-state index in [0.29, 0.717) is 25.7 Å². The van der Waals surface area contributed by atoms with Crippen LogP contribution in [0, 0.1) is 5.92 Å². The molecule has 0 aromatic rings. The Morgan fingerprint density at radius 3 is 0.782 bits per heavy atom. The first-order valence-corrected chi connectivity index (χ1v) is 38.6. The lowest BCUT2D eigenvalue weighted by molar-refractivity contribution is -0.161. The van der Waals surface area contributed by atoms with Crippen molar-refractivity contribution < 1.29 is 80.2 Å². The molecule has 0 aliphatic heterocycles. The Morgan fingerprint density at radius 2 is 0.529 bits per heavy atom. The third-order valence-electron chi connectivity index (χ3n) is 15.8. The van der Waals surface area contributed by atoms with Gasteiger partial charge in [0.25, 0.3) is 0 Å². The van der Waals surface area contributed by atoms with Gasteiger partial charge in [0.1, 0.15) is 19.3 Å². The highest BCUT2D eigenvalue weighted by Crippen LogP contribution is 2.45. The molecule has 0 bridgehead atoms. The fourth-order valence-corrected chi connectivity index (χ4v) is 11.9. The normalized spacial score (nSPS) is 14.1. The quantitative estimate of drug-likeness (QED) is 0.0222.